The minimum absolute atomic E-state index is 0.00129. The summed E-state index contributed by atoms with van der Waals surface area (Å²) in [6.45, 7) is 6.30. The Morgan fingerprint density at radius 3 is 2.97 bits per heavy atom. The highest BCUT2D eigenvalue weighted by molar-refractivity contribution is 5.90. The molecule has 2 atom stereocenters. The topological polar surface area (TPSA) is 86.9 Å². The van der Waals surface area contributed by atoms with Gasteiger partial charge in [-0.05, 0) is 49.9 Å². The van der Waals surface area contributed by atoms with E-state index in [9.17, 15) is 4.79 Å². The molecule has 0 radical (unpaired) electrons. The molecule has 164 valence electrons. The fourth-order valence-electron chi connectivity index (χ4n) is 4.35. The van der Waals surface area contributed by atoms with Crippen LogP contribution in [0.15, 0.2) is 36.7 Å². The van der Waals surface area contributed by atoms with Gasteiger partial charge in [0.25, 0.3) is 0 Å². The van der Waals surface area contributed by atoms with Crippen LogP contribution in [-0.2, 0) is 18.2 Å². The predicted octanol–water partition coefficient (Wildman–Crippen LogP) is 2.99. The standard InChI is InChI=1S/C23H30N6O2/c1-4-31-23(30)21-14-25-29(22(21)16(2)11-19-15-28(3)27-26-19)20-9-5-7-17(12-20)18-8-6-10-24-13-18/h5,7,9,12,14-16,18,24H,4,6,8,10-11,13H2,1-3H3/t16-,18?/m0/s1. The average molecular weight is 423 g/mol. The second kappa shape index (κ2) is 9.43. The van der Waals surface area contributed by atoms with Crippen LogP contribution in [0.25, 0.3) is 5.69 Å². The van der Waals surface area contributed by atoms with E-state index in [0.717, 1.165) is 30.2 Å². The molecule has 1 fully saturated rings. The molecule has 1 N–H and O–H groups in total. The second-order valence-electron chi connectivity index (χ2n) is 8.20. The Bertz CT molecular complexity index is 1030. The largest absolute Gasteiger partial charge is 0.462 e. The Hall–Kier alpha value is -3.00. The third-order valence-corrected chi connectivity index (χ3v) is 5.82. The van der Waals surface area contributed by atoms with Gasteiger partial charge in [0.1, 0.15) is 5.56 Å². The van der Waals surface area contributed by atoms with Gasteiger partial charge < -0.3 is 10.1 Å². The van der Waals surface area contributed by atoms with Crippen molar-refractivity contribution < 1.29 is 9.53 Å². The number of piperidine rings is 1. The molecule has 1 aliphatic rings. The van der Waals surface area contributed by atoms with Crippen molar-refractivity contribution in [3.8, 4) is 5.69 Å². The lowest BCUT2D eigenvalue weighted by Gasteiger charge is -2.24. The Balaban J connectivity index is 1.71. The molecule has 0 saturated carbocycles. The van der Waals surface area contributed by atoms with Crippen LogP contribution in [0.1, 0.15) is 65.8 Å². The fourth-order valence-corrected chi connectivity index (χ4v) is 4.35. The van der Waals surface area contributed by atoms with Crippen molar-refractivity contribution in [2.24, 2.45) is 7.05 Å². The zero-order chi connectivity index (χ0) is 21.8. The summed E-state index contributed by atoms with van der Waals surface area (Å²) in [5.74, 6) is 0.148. The highest BCUT2D eigenvalue weighted by atomic mass is 16.5. The molecule has 8 heteroatoms. The number of nitrogens with one attached hydrogen (secondary N) is 1. The summed E-state index contributed by atoms with van der Waals surface area (Å²) in [5.41, 5.74) is 4.47. The number of rotatable bonds is 7. The van der Waals surface area contributed by atoms with Crippen LogP contribution in [-0.4, -0.2) is 50.4 Å². The third-order valence-electron chi connectivity index (χ3n) is 5.82. The normalized spacial score (nSPS) is 17.5. The van der Waals surface area contributed by atoms with E-state index in [4.69, 9.17) is 4.74 Å². The Morgan fingerprint density at radius 2 is 2.26 bits per heavy atom. The zero-order valence-electron chi connectivity index (χ0n) is 18.4. The molecule has 3 heterocycles. The van der Waals surface area contributed by atoms with Crippen molar-refractivity contribution >= 4 is 5.97 Å². The number of nitrogens with zero attached hydrogens (tertiary/aromatic N) is 5. The number of ether oxygens (including phenoxy) is 1. The maximum atomic E-state index is 12.7. The van der Waals surface area contributed by atoms with Crippen molar-refractivity contribution in [3.05, 3.63) is 59.2 Å². The molecule has 31 heavy (non-hydrogen) atoms. The summed E-state index contributed by atoms with van der Waals surface area (Å²) in [6, 6.07) is 8.49. The number of benzene rings is 1. The second-order valence-corrected chi connectivity index (χ2v) is 8.20. The zero-order valence-corrected chi connectivity index (χ0v) is 18.4. The first-order valence-corrected chi connectivity index (χ1v) is 11.0. The van der Waals surface area contributed by atoms with Gasteiger partial charge in [-0.25, -0.2) is 9.48 Å². The Kier molecular flexibility index (Phi) is 6.46. The molecule has 1 unspecified atom stereocenters. The van der Waals surface area contributed by atoms with Gasteiger partial charge in [-0.3, -0.25) is 4.68 Å². The van der Waals surface area contributed by atoms with Gasteiger partial charge in [-0.15, -0.1) is 5.10 Å². The van der Waals surface area contributed by atoms with E-state index < -0.39 is 0 Å². The molecule has 4 rings (SSSR count). The molecule has 0 amide bonds. The van der Waals surface area contributed by atoms with Crippen molar-refractivity contribution in [2.75, 3.05) is 19.7 Å². The maximum Gasteiger partial charge on any atom is 0.341 e. The minimum atomic E-state index is -0.345. The van der Waals surface area contributed by atoms with Gasteiger partial charge >= 0.3 is 5.97 Å². The summed E-state index contributed by atoms with van der Waals surface area (Å²) in [7, 11) is 1.85. The molecule has 1 aliphatic heterocycles. The van der Waals surface area contributed by atoms with Crippen LogP contribution in [0.3, 0.4) is 0 Å². The third kappa shape index (κ3) is 4.69. The van der Waals surface area contributed by atoms with Crippen LogP contribution >= 0.6 is 0 Å². The van der Waals surface area contributed by atoms with Crippen LogP contribution < -0.4 is 5.32 Å². The van der Waals surface area contributed by atoms with Crippen molar-refractivity contribution in [1.82, 2.24) is 30.1 Å². The first kappa shape index (κ1) is 21.2. The summed E-state index contributed by atoms with van der Waals surface area (Å²) < 4.78 is 8.88. The molecule has 0 aliphatic carbocycles. The molecule has 0 bridgehead atoms. The van der Waals surface area contributed by atoms with Gasteiger partial charge in [0.05, 0.1) is 29.9 Å². The van der Waals surface area contributed by atoms with E-state index in [1.165, 1.54) is 18.4 Å². The molecular formula is C23H30N6O2. The van der Waals surface area contributed by atoms with Crippen LogP contribution in [0.2, 0.25) is 0 Å². The van der Waals surface area contributed by atoms with Crippen LogP contribution in [0.4, 0.5) is 0 Å². The SMILES string of the molecule is CCOC(=O)c1cnn(-c2cccc(C3CCCNC3)c2)c1[C@@H](C)Cc1cn(C)nn1. The quantitative estimate of drug-likeness (QED) is 0.589. The highest BCUT2D eigenvalue weighted by Gasteiger charge is 2.25. The smallest absolute Gasteiger partial charge is 0.341 e. The monoisotopic (exact) mass is 422 g/mol. The van der Waals surface area contributed by atoms with Gasteiger partial charge in [-0.1, -0.05) is 24.3 Å². The number of carbonyl (C=O) groups excluding carboxylic acids is 1. The van der Waals surface area contributed by atoms with E-state index in [0.29, 0.717) is 24.5 Å². The maximum absolute atomic E-state index is 12.7. The highest BCUT2D eigenvalue weighted by Crippen LogP contribution is 2.29. The van der Waals surface area contributed by atoms with Gasteiger partial charge in [0.15, 0.2) is 0 Å². The summed E-state index contributed by atoms with van der Waals surface area (Å²) >= 11 is 0. The minimum Gasteiger partial charge on any atom is -0.462 e. The van der Waals surface area contributed by atoms with Crippen molar-refractivity contribution in [1.29, 1.82) is 0 Å². The molecule has 0 spiro atoms. The number of aromatic nitrogens is 5. The lowest BCUT2D eigenvalue weighted by molar-refractivity contribution is 0.0524. The molecule has 3 aromatic rings. The van der Waals surface area contributed by atoms with Gasteiger partial charge in [0, 0.05) is 32.1 Å². The summed E-state index contributed by atoms with van der Waals surface area (Å²) in [4.78, 5) is 12.7. The predicted molar refractivity (Wildman–Crippen MR) is 117 cm³/mol. The molecule has 1 aromatic carbocycles. The van der Waals surface area contributed by atoms with Crippen molar-refractivity contribution in [2.45, 2.75) is 44.9 Å². The van der Waals surface area contributed by atoms with E-state index in [1.807, 2.05) is 30.9 Å². The number of carbonyl (C=O) groups is 1. The number of hydrogen-bond acceptors (Lipinski definition) is 6. The van der Waals surface area contributed by atoms with E-state index in [1.54, 1.807) is 10.9 Å². The number of aryl methyl sites for hydroxylation is 1. The fraction of sp³-hybridized carbons (Fsp3) is 0.478. The average Bonchev–Trinajstić information content (AvgIpc) is 3.41. The Labute approximate surface area is 182 Å². The van der Waals surface area contributed by atoms with Gasteiger partial charge in [0.2, 0.25) is 0 Å². The summed E-state index contributed by atoms with van der Waals surface area (Å²) in [6.07, 6.45) is 6.54. The van der Waals surface area contributed by atoms with E-state index in [-0.39, 0.29) is 11.9 Å². The van der Waals surface area contributed by atoms with Crippen LogP contribution in [0.5, 0.6) is 0 Å². The molecular weight excluding hydrogens is 392 g/mol. The molecule has 2 aromatic heterocycles. The van der Waals surface area contributed by atoms with Crippen LogP contribution in [0, 0.1) is 0 Å². The first-order valence-electron chi connectivity index (χ1n) is 11.0. The number of hydrogen-bond donors (Lipinski definition) is 1. The van der Waals surface area contributed by atoms with E-state index >= 15 is 0 Å². The van der Waals surface area contributed by atoms with Crippen molar-refractivity contribution in [3.63, 3.8) is 0 Å². The Morgan fingerprint density at radius 1 is 1.39 bits per heavy atom. The lowest BCUT2D eigenvalue weighted by Crippen LogP contribution is -2.28. The number of esters is 1. The summed E-state index contributed by atoms with van der Waals surface area (Å²) in [5, 5.41) is 16.3. The molecule has 8 nitrogen and oxygen atoms in total. The van der Waals surface area contributed by atoms with E-state index in [2.05, 4.69) is 45.9 Å². The van der Waals surface area contributed by atoms with Gasteiger partial charge in [-0.2, -0.15) is 5.10 Å². The first-order chi connectivity index (χ1) is 15.1. The molecule has 1 saturated heterocycles. The lowest BCUT2D eigenvalue weighted by atomic mass is 9.91.